The Labute approximate surface area is 117 Å². The second-order valence-electron chi connectivity index (χ2n) is 4.84. The highest BCUT2D eigenvalue weighted by Crippen LogP contribution is 2.27. The van der Waals surface area contributed by atoms with Crippen LogP contribution in [0.2, 0.25) is 5.02 Å². The molecule has 0 atom stereocenters. The lowest BCUT2D eigenvalue weighted by atomic mass is 10.2. The smallest absolute Gasteiger partial charge is 0.244 e. The van der Waals surface area contributed by atoms with Crippen LogP contribution < -0.4 is 5.32 Å². The molecule has 1 saturated carbocycles. The molecule has 0 aliphatic heterocycles. The number of nitrogens with one attached hydrogen (secondary N) is 1. The first kappa shape index (κ1) is 13.9. The van der Waals surface area contributed by atoms with Crippen molar-refractivity contribution in [2.45, 2.75) is 32.7 Å². The molecule has 0 aromatic heterocycles. The van der Waals surface area contributed by atoms with Crippen molar-refractivity contribution in [1.82, 2.24) is 4.90 Å². The fourth-order valence-electron chi connectivity index (χ4n) is 1.97. The highest BCUT2D eigenvalue weighted by molar-refractivity contribution is 6.31. The molecule has 4 nitrogen and oxygen atoms in total. The Kier molecular flexibility index (Phi) is 4.10. The van der Waals surface area contributed by atoms with Gasteiger partial charge in [-0.25, -0.2) is 0 Å². The van der Waals surface area contributed by atoms with E-state index in [9.17, 15) is 9.59 Å². The summed E-state index contributed by atoms with van der Waals surface area (Å²) in [5.74, 6) is -0.243. The van der Waals surface area contributed by atoms with Crippen molar-refractivity contribution in [1.29, 1.82) is 0 Å². The van der Waals surface area contributed by atoms with Crippen LogP contribution in [0.1, 0.15) is 25.3 Å². The third-order valence-electron chi connectivity index (χ3n) is 3.25. The van der Waals surface area contributed by atoms with Gasteiger partial charge < -0.3 is 10.2 Å². The summed E-state index contributed by atoms with van der Waals surface area (Å²) in [5.41, 5.74) is 1.52. The van der Waals surface area contributed by atoms with Crippen LogP contribution in [0.15, 0.2) is 18.2 Å². The van der Waals surface area contributed by atoms with Gasteiger partial charge in [-0.1, -0.05) is 17.7 Å². The molecule has 1 N–H and O–H groups in total. The summed E-state index contributed by atoms with van der Waals surface area (Å²) in [6, 6.07) is 5.60. The van der Waals surface area contributed by atoms with Gasteiger partial charge in [0, 0.05) is 23.7 Å². The van der Waals surface area contributed by atoms with Gasteiger partial charge in [-0.2, -0.15) is 0 Å². The van der Waals surface area contributed by atoms with Crippen LogP contribution in [-0.4, -0.2) is 29.3 Å². The molecular formula is C14H17ClN2O2. The quantitative estimate of drug-likeness (QED) is 0.922. The molecule has 0 unspecified atom stereocenters. The zero-order valence-corrected chi connectivity index (χ0v) is 11.8. The number of amides is 2. The Balaban J connectivity index is 2.00. The maximum Gasteiger partial charge on any atom is 0.244 e. The second kappa shape index (κ2) is 5.61. The molecule has 0 heterocycles. The zero-order valence-electron chi connectivity index (χ0n) is 11.1. The van der Waals surface area contributed by atoms with Crippen LogP contribution in [0.4, 0.5) is 5.69 Å². The van der Waals surface area contributed by atoms with Crippen molar-refractivity contribution in [2.75, 3.05) is 11.9 Å². The van der Waals surface area contributed by atoms with Gasteiger partial charge in [0.05, 0.1) is 0 Å². The van der Waals surface area contributed by atoms with Crippen LogP contribution >= 0.6 is 11.6 Å². The minimum absolute atomic E-state index is 0.0551. The van der Waals surface area contributed by atoms with Gasteiger partial charge in [0.2, 0.25) is 11.8 Å². The third kappa shape index (κ3) is 3.47. The number of anilines is 1. The van der Waals surface area contributed by atoms with Gasteiger partial charge in [0.1, 0.15) is 6.54 Å². The van der Waals surface area contributed by atoms with Crippen molar-refractivity contribution in [3.05, 3.63) is 28.8 Å². The summed E-state index contributed by atoms with van der Waals surface area (Å²) < 4.78 is 0. The van der Waals surface area contributed by atoms with E-state index >= 15 is 0 Å². The van der Waals surface area contributed by atoms with Gasteiger partial charge in [-0.05, 0) is 37.5 Å². The van der Waals surface area contributed by atoms with Crippen molar-refractivity contribution >= 4 is 29.1 Å². The largest absolute Gasteiger partial charge is 0.331 e. The monoisotopic (exact) mass is 280 g/mol. The van der Waals surface area contributed by atoms with Crippen molar-refractivity contribution in [3.63, 3.8) is 0 Å². The molecule has 1 aromatic rings. The summed E-state index contributed by atoms with van der Waals surface area (Å²) in [4.78, 5) is 25.1. The third-order valence-corrected chi connectivity index (χ3v) is 3.66. The van der Waals surface area contributed by atoms with E-state index < -0.39 is 0 Å². The van der Waals surface area contributed by atoms with Crippen LogP contribution in [-0.2, 0) is 9.59 Å². The first-order valence-corrected chi connectivity index (χ1v) is 6.69. The average Bonchev–Trinajstić information content (AvgIpc) is 3.16. The molecule has 19 heavy (non-hydrogen) atoms. The molecule has 102 valence electrons. The van der Waals surface area contributed by atoms with E-state index in [1.807, 2.05) is 6.92 Å². The Morgan fingerprint density at radius 1 is 1.42 bits per heavy atom. The number of carbonyl (C=O) groups excluding carboxylic acids is 2. The highest BCUT2D eigenvalue weighted by atomic mass is 35.5. The minimum Gasteiger partial charge on any atom is -0.331 e. The molecule has 2 rings (SSSR count). The standard InChI is InChI=1S/C14H17ClN2O2/c1-9-12(15)4-3-5-13(9)16-14(19)8-17(10(2)18)11-6-7-11/h3-5,11H,6-8H2,1-2H3,(H,16,19). The fraction of sp³-hybridized carbons (Fsp3) is 0.429. The SMILES string of the molecule is CC(=O)N(CC(=O)Nc1cccc(Cl)c1C)C1CC1. The lowest BCUT2D eigenvalue weighted by molar-refractivity contribution is -0.133. The number of halogens is 1. The van der Waals surface area contributed by atoms with E-state index in [-0.39, 0.29) is 24.4 Å². The molecule has 1 fully saturated rings. The number of nitrogens with zero attached hydrogens (tertiary/aromatic N) is 1. The molecule has 2 amide bonds. The summed E-state index contributed by atoms with van der Waals surface area (Å²) in [6.45, 7) is 3.45. The van der Waals surface area contributed by atoms with E-state index in [1.165, 1.54) is 6.92 Å². The Bertz CT molecular complexity index is 512. The molecule has 1 aromatic carbocycles. The Morgan fingerprint density at radius 3 is 2.68 bits per heavy atom. The first-order chi connectivity index (χ1) is 8.99. The van der Waals surface area contributed by atoms with Gasteiger partial charge in [-0.3, -0.25) is 9.59 Å². The van der Waals surface area contributed by atoms with E-state index in [0.717, 1.165) is 18.4 Å². The lowest BCUT2D eigenvalue weighted by Gasteiger charge is -2.20. The van der Waals surface area contributed by atoms with Gasteiger partial charge in [-0.15, -0.1) is 0 Å². The van der Waals surface area contributed by atoms with Crippen molar-refractivity contribution in [3.8, 4) is 0 Å². The fourth-order valence-corrected chi connectivity index (χ4v) is 2.15. The molecule has 0 saturated heterocycles. The normalized spacial score (nSPS) is 14.1. The maximum atomic E-state index is 12.0. The number of hydrogen-bond donors (Lipinski definition) is 1. The predicted molar refractivity (Wildman–Crippen MR) is 75.2 cm³/mol. The molecule has 1 aliphatic carbocycles. The molecule has 0 radical (unpaired) electrons. The number of rotatable bonds is 4. The van der Waals surface area contributed by atoms with Crippen LogP contribution in [0.5, 0.6) is 0 Å². The highest BCUT2D eigenvalue weighted by Gasteiger charge is 2.32. The molecule has 1 aliphatic rings. The lowest BCUT2D eigenvalue weighted by Crippen LogP contribution is -2.38. The number of carbonyl (C=O) groups is 2. The van der Waals surface area contributed by atoms with Gasteiger partial charge >= 0.3 is 0 Å². The van der Waals surface area contributed by atoms with E-state index in [0.29, 0.717) is 10.7 Å². The van der Waals surface area contributed by atoms with Crippen molar-refractivity contribution in [2.24, 2.45) is 0 Å². The van der Waals surface area contributed by atoms with Crippen LogP contribution in [0, 0.1) is 6.92 Å². The van der Waals surface area contributed by atoms with Crippen molar-refractivity contribution < 1.29 is 9.59 Å². The Hall–Kier alpha value is -1.55. The summed E-state index contributed by atoms with van der Waals surface area (Å²) in [7, 11) is 0. The zero-order chi connectivity index (χ0) is 14.0. The number of hydrogen-bond acceptors (Lipinski definition) is 2. The van der Waals surface area contributed by atoms with Gasteiger partial charge in [0.15, 0.2) is 0 Å². The van der Waals surface area contributed by atoms with Crippen LogP contribution in [0.3, 0.4) is 0 Å². The van der Waals surface area contributed by atoms with E-state index in [2.05, 4.69) is 5.32 Å². The average molecular weight is 281 g/mol. The van der Waals surface area contributed by atoms with E-state index in [1.54, 1.807) is 23.1 Å². The van der Waals surface area contributed by atoms with E-state index in [4.69, 9.17) is 11.6 Å². The number of benzene rings is 1. The maximum absolute atomic E-state index is 12.0. The first-order valence-electron chi connectivity index (χ1n) is 6.31. The summed E-state index contributed by atoms with van der Waals surface area (Å²) in [6.07, 6.45) is 1.98. The topological polar surface area (TPSA) is 49.4 Å². The van der Waals surface area contributed by atoms with Crippen LogP contribution in [0.25, 0.3) is 0 Å². The molecule has 0 bridgehead atoms. The molecular weight excluding hydrogens is 264 g/mol. The summed E-state index contributed by atoms with van der Waals surface area (Å²) >= 11 is 6.00. The van der Waals surface area contributed by atoms with Gasteiger partial charge in [0.25, 0.3) is 0 Å². The minimum atomic E-state index is -0.188. The Morgan fingerprint density at radius 2 is 2.11 bits per heavy atom. The summed E-state index contributed by atoms with van der Waals surface area (Å²) in [5, 5.41) is 3.42. The second-order valence-corrected chi connectivity index (χ2v) is 5.25. The molecule has 5 heteroatoms. The predicted octanol–water partition coefficient (Wildman–Crippen LogP) is 2.60. The molecule has 0 spiro atoms.